The number of carbonyl (C=O) groups excluding carboxylic acids is 1. The summed E-state index contributed by atoms with van der Waals surface area (Å²) in [6.07, 6.45) is 1.47. The summed E-state index contributed by atoms with van der Waals surface area (Å²) in [5.41, 5.74) is 0. The highest BCUT2D eigenvalue weighted by Gasteiger charge is 2.14. The van der Waals surface area contributed by atoms with Crippen molar-refractivity contribution in [3.8, 4) is 0 Å². The summed E-state index contributed by atoms with van der Waals surface area (Å²) in [5, 5.41) is 12.2. The van der Waals surface area contributed by atoms with Crippen molar-refractivity contribution < 1.29 is 14.6 Å². The van der Waals surface area contributed by atoms with Gasteiger partial charge in [0.2, 0.25) is 5.82 Å². The van der Waals surface area contributed by atoms with Gasteiger partial charge in [-0.05, 0) is 12.0 Å². The van der Waals surface area contributed by atoms with Gasteiger partial charge in [-0.25, -0.2) is 14.8 Å². The van der Waals surface area contributed by atoms with E-state index in [4.69, 9.17) is 0 Å². The Kier molecular flexibility index (Phi) is 4.84. The second-order valence-corrected chi connectivity index (χ2v) is 3.93. The van der Waals surface area contributed by atoms with Crippen LogP contribution in [0.25, 0.3) is 0 Å². The average Bonchev–Trinajstić information content (AvgIpc) is 2.34. The molecule has 1 atom stereocenters. The first-order chi connectivity index (χ1) is 8.08. The summed E-state index contributed by atoms with van der Waals surface area (Å²) in [6.45, 7) is 3.96. The van der Waals surface area contributed by atoms with Crippen LogP contribution in [0, 0.1) is 5.92 Å². The Morgan fingerprint density at radius 2 is 2.29 bits per heavy atom. The standard InChI is InChI=1S/C11H17N3O3/c1-7(2)8(6-15)13-9-4-5-12-10(14-9)11(16)17-3/h4-5,7-8,15H,6H2,1-3H3,(H,12,13,14). The minimum atomic E-state index is -0.584. The maximum absolute atomic E-state index is 11.2. The molecule has 94 valence electrons. The number of hydrogen-bond acceptors (Lipinski definition) is 6. The average molecular weight is 239 g/mol. The van der Waals surface area contributed by atoms with E-state index in [-0.39, 0.29) is 24.4 Å². The molecule has 0 bridgehead atoms. The molecular formula is C11H17N3O3. The van der Waals surface area contributed by atoms with Crippen LogP contribution in [0.4, 0.5) is 5.82 Å². The molecule has 0 aromatic carbocycles. The molecule has 6 nitrogen and oxygen atoms in total. The quantitative estimate of drug-likeness (QED) is 0.735. The fourth-order valence-corrected chi connectivity index (χ4v) is 1.24. The number of nitrogens with zero attached hydrogens (tertiary/aromatic N) is 2. The number of ether oxygens (including phenoxy) is 1. The van der Waals surface area contributed by atoms with Crippen molar-refractivity contribution in [2.45, 2.75) is 19.9 Å². The highest BCUT2D eigenvalue weighted by molar-refractivity contribution is 5.85. The number of aliphatic hydroxyl groups is 1. The number of rotatable bonds is 5. The summed E-state index contributed by atoms with van der Waals surface area (Å²) in [4.78, 5) is 19.0. The molecule has 0 aliphatic carbocycles. The van der Waals surface area contributed by atoms with Gasteiger partial charge in [-0.2, -0.15) is 0 Å². The Morgan fingerprint density at radius 3 is 2.82 bits per heavy atom. The fraction of sp³-hybridized carbons (Fsp3) is 0.545. The van der Waals surface area contributed by atoms with E-state index in [1.807, 2.05) is 13.8 Å². The molecule has 17 heavy (non-hydrogen) atoms. The van der Waals surface area contributed by atoms with E-state index >= 15 is 0 Å². The molecule has 0 radical (unpaired) electrons. The van der Waals surface area contributed by atoms with Crippen molar-refractivity contribution in [3.05, 3.63) is 18.1 Å². The topological polar surface area (TPSA) is 84.3 Å². The summed E-state index contributed by atoms with van der Waals surface area (Å²) in [7, 11) is 1.27. The van der Waals surface area contributed by atoms with E-state index in [1.54, 1.807) is 6.07 Å². The normalized spacial score (nSPS) is 12.3. The third kappa shape index (κ3) is 3.67. The van der Waals surface area contributed by atoms with E-state index in [2.05, 4.69) is 20.0 Å². The van der Waals surface area contributed by atoms with Crippen LogP contribution in [-0.4, -0.2) is 40.8 Å². The van der Waals surface area contributed by atoms with E-state index in [0.717, 1.165) is 0 Å². The number of esters is 1. The molecule has 0 saturated carbocycles. The first kappa shape index (κ1) is 13.4. The van der Waals surface area contributed by atoms with Crippen LogP contribution >= 0.6 is 0 Å². The summed E-state index contributed by atoms with van der Waals surface area (Å²) in [6, 6.07) is 1.52. The highest BCUT2D eigenvalue weighted by Crippen LogP contribution is 2.10. The van der Waals surface area contributed by atoms with Gasteiger partial charge in [0.05, 0.1) is 19.8 Å². The Bertz CT molecular complexity index is 382. The number of nitrogens with one attached hydrogen (secondary N) is 1. The van der Waals surface area contributed by atoms with Crippen molar-refractivity contribution in [1.82, 2.24) is 9.97 Å². The molecule has 1 unspecified atom stereocenters. The zero-order chi connectivity index (χ0) is 12.8. The Hall–Kier alpha value is -1.69. The van der Waals surface area contributed by atoms with Crippen molar-refractivity contribution in [1.29, 1.82) is 0 Å². The van der Waals surface area contributed by atoms with Crippen molar-refractivity contribution >= 4 is 11.8 Å². The minimum absolute atomic E-state index is 0.00190. The second-order valence-electron chi connectivity index (χ2n) is 3.93. The van der Waals surface area contributed by atoms with E-state index in [0.29, 0.717) is 5.82 Å². The van der Waals surface area contributed by atoms with Crippen LogP contribution in [0.5, 0.6) is 0 Å². The van der Waals surface area contributed by atoms with Gasteiger partial charge in [0.15, 0.2) is 0 Å². The molecule has 0 amide bonds. The smallest absolute Gasteiger partial charge is 0.376 e. The van der Waals surface area contributed by atoms with Crippen LogP contribution in [0.15, 0.2) is 12.3 Å². The lowest BCUT2D eigenvalue weighted by Gasteiger charge is -2.20. The zero-order valence-electron chi connectivity index (χ0n) is 10.2. The maximum atomic E-state index is 11.2. The Labute approximate surface area is 100 Å². The van der Waals surface area contributed by atoms with Crippen LogP contribution in [0.2, 0.25) is 0 Å². The van der Waals surface area contributed by atoms with Crippen molar-refractivity contribution in [3.63, 3.8) is 0 Å². The van der Waals surface area contributed by atoms with Gasteiger partial charge in [-0.3, -0.25) is 0 Å². The molecule has 0 aliphatic heterocycles. The van der Waals surface area contributed by atoms with Gasteiger partial charge in [0.25, 0.3) is 0 Å². The molecule has 0 spiro atoms. The molecule has 6 heteroatoms. The lowest BCUT2D eigenvalue weighted by Crippen LogP contribution is -2.30. The van der Waals surface area contributed by atoms with E-state index in [9.17, 15) is 9.90 Å². The largest absolute Gasteiger partial charge is 0.463 e. The van der Waals surface area contributed by atoms with Gasteiger partial charge in [-0.15, -0.1) is 0 Å². The predicted molar refractivity (Wildman–Crippen MR) is 62.7 cm³/mol. The number of carbonyl (C=O) groups is 1. The number of aliphatic hydroxyl groups excluding tert-OH is 1. The summed E-state index contributed by atoms with van der Waals surface area (Å²) in [5.74, 6) is 0.154. The molecular weight excluding hydrogens is 222 g/mol. The molecule has 2 N–H and O–H groups in total. The van der Waals surface area contributed by atoms with Crippen LogP contribution in [-0.2, 0) is 4.74 Å². The van der Waals surface area contributed by atoms with Crippen molar-refractivity contribution in [2.24, 2.45) is 5.92 Å². The highest BCUT2D eigenvalue weighted by atomic mass is 16.5. The van der Waals surface area contributed by atoms with Gasteiger partial charge in [0, 0.05) is 6.20 Å². The lowest BCUT2D eigenvalue weighted by molar-refractivity contribution is 0.0587. The Balaban J connectivity index is 2.81. The summed E-state index contributed by atoms with van der Waals surface area (Å²) < 4.78 is 4.53. The first-order valence-electron chi connectivity index (χ1n) is 5.37. The maximum Gasteiger partial charge on any atom is 0.376 e. The second kappa shape index (κ2) is 6.15. The molecule has 1 heterocycles. The third-order valence-electron chi connectivity index (χ3n) is 2.36. The van der Waals surface area contributed by atoms with Crippen LogP contribution < -0.4 is 5.32 Å². The first-order valence-corrected chi connectivity index (χ1v) is 5.37. The third-order valence-corrected chi connectivity index (χ3v) is 2.36. The van der Waals surface area contributed by atoms with Crippen LogP contribution in [0.3, 0.4) is 0 Å². The lowest BCUT2D eigenvalue weighted by atomic mass is 10.1. The number of aromatic nitrogens is 2. The molecule has 1 aromatic rings. The molecule has 0 saturated heterocycles. The number of anilines is 1. The molecule has 0 aliphatic rings. The van der Waals surface area contributed by atoms with Crippen LogP contribution in [0.1, 0.15) is 24.5 Å². The van der Waals surface area contributed by atoms with Gasteiger partial charge in [0.1, 0.15) is 5.82 Å². The zero-order valence-corrected chi connectivity index (χ0v) is 10.2. The fourth-order valence-electron chi connectivity index (χ4n) is 1.24. The number of methoxy groups -OCH3 is 1. The van der Waals surface area contributed by atoms with E-state index in [1.165, 1.54) is 13.3 Å². The monoisotopic (exact) mass is 239 g/mol. The summed E-state index contributed by atoms with van der Waals surface area (Å²) >= 11 is 0. The SMILES string of the molecule is COC(=O)c1nccc(NC(CO)C(C)C)n1. The van der Waals surface area contributed by atoms with Crippen molar-refractivity contribution in [2.75, 3.05) is 19.0 Å². The Morgan fingerprint density at radius 1 is 1.59 bits per heavy atom. The number of hydrogen-bond donors (Lipinski definition) is 2. The predicted octanol–water partition coefficient (Wildman–Crippen LogP) is 0.692. The van der Waals surface area contributed by atoms with Gasteiger partial charge in [-0.1, -0.05) is 13.8 Å². The van der Waals surface area contributed by atoms with Gasteiger partial charge >= 0.3 is 5.97 Å². The molecule has 1 aromatic heterocycles. The minimum Gasteiger partial charge on any atom is -0.463 e. The molecule has 0 fully saturated rings. The van der Waals surface area contributed by atoms with Gasteiger partial charge < -0.3 is 15.2 Å². The molecule has 1 rings (SSSR count). The van der Waals surface area contributed by atoms with E-state index < -0.39 is 5.97 Å².